The number of carbonyl (C=O) groups excluding carboxylic acids is 1. The summed E-state index contributed by atoms with van der Waals surface area (Å²) in [5.41, 5.74) is 3.28. The van der Waals surface area contributed by atoms with Gasteiger partial charge in [0.2, 0.25) is 0 Å². The molecule has 28 heavy (non-hydrogen) atoms. The SMILES string of the molecule is O=C(c1ccc(-c2ccc(-c3cn[nH]c3)cc2O)nn1)C1CC2CC[C@@H](C1)N2. The molecule has 0 aliphatic carbocycles. The van der Waals surface area contributed by atoms with Gasteiger partial charge in [0.15, 0.2) is 5.78 Å². The molecule has 0 saturated carbocycles. The van der Waals surface area contributed by atoms with E-state index in [0.717, 1.165) is 36.8 Å². The lowest BCUT2D eigenvalue weighted by Gasteiger charge is -2.27. The Morgan fingerprint density at radius 3 is 2.50 bits per heavy atom. The van der Waals surface area contributed by atoms with Crippen LogP contribution in [0, 0.1) is 5.92 Å². The van der Waals surface area contributed by atoms with Gasteiger partial charge in [0.05, 0.1) is 11.9 Å². The highest BCUT2D eigenvalue weighted by Gasteiger charge is 2.37. The number of fused-ring (bicyclic) bond motifs is 2. The summed E-state index contributed by atoms with van der Waals surface area (Å²) >= 11 is 0. The quantitative estimate of drug-likeness (QED) is 0.606. The number of aromatic hydroxyl groups is 1. The van der Waals surface area contributed by atoms with Crippen molar-refractivity contribution in [3.8, 4) is 28.1 Å². The first-order valence-corrected chi connectivity index (χ1v) is 9.64. The predicted molar refractivity (Wildman–Crippen MR) is 104 cm³/mol. The molecule has 2 bridgehead atoms. The summed E-state index contributed by atoms with van der Waals surface area (Å²) in [5, 5.41) is 29.0. The number of Topliss-reactive ketones (excluding diaryl/α,β-unsaturated/α-hetero) is 1. The van der Waals surface area contributed by atoms with Crippen LogP contribution in [-0.2, 0) is 0 Å². The van der Waals surface area contributed by atoms with Crippen LogP contribution in [0.2, 0.25) is 0 Å². The lowest BCUT2D eigenvalue weighted by atomic mass is 9.87. The molecular weight excluding hydrogens is 354 g/mol. The molecule has 1 aromatic carbocycles. The number of carbonyl (C=O) groups is 1. The number of H-pyrrole nitrogens is 1. The summed E-state index contributed by atoms with van der Waals surface area (Å²) in [7, 11) is 0. The lowest BCUT2D eigenvalue weighted by molar-refractivity contribution is 0.0869. The highest BCUT2D eigenvalue weighted by Crippen LogP contribution is 2.34. The number of phenols is 1. The normalized spacial score (nSPS) is 23.6. The highest BCUT2D eigenvalue weighted by atomic mass is 16.3. The molecule has 0 spiro atoms. The third-order valence-corrected chi connectivity index (χ3v) is 5.87. The van der Waals surface area contributed by atoms with Gasteiger partial charge in [0, 0.05) is 35.3 Å². The van der Waals surface area contributed by atoms with Crippen LogP contribution >= 0.6 is 0 Å². The second kappa shape index (κ2) is 6.83. The highest BCUT2D eigenvalue weighted by molar-refractivity contribution is 5.96. The Balaban J connectivity index is 1.36. The number of rotatable bonds is 4. The number of nitrogens with one attached hydrogen (secondary N) is 2. The van der Waals surface area contributed by atoms with E-state index in [9.17, 15) is 9.90 Å². The Morgan fingerprint density at radius 1 is 1.04 bits per heavy atom. The van der Waals surface area contributed by atoms with Crippen molar-refractivity contribution in [2.24, 2.45) is 5.92 Å². The third-order valence-electron chi connectivity index (χ3n) is 5.87. The topological polar surface area (TPSA) is 104 Å². The maximum atomic E-state index is 12.8. The van der Waals surface area contributed by atoms with Crippen molar-refractivity contribution in [3.05, 3.63) is 48.4 Å². The molecule has 3 N–H and O–H groups in total. The molecule has 5 rings (SSSR count). The van der Waals surface area contributed by atoms with Crippen LogP contribution in [-0.4, -0.2) is 43.4 Å². The standard InChI is InChI=1S/C21H21N5O2/c27-20-9-12(14-10-22-23-11-14)1-4-17(20)18-5-6-19(26-25-18)21(28)13-7-15-2-3-16(8-13)24-15/h1,4-6,9-11,13,15-16,24,27H,2-3,7-8H2,(H,22,23)/t13?,15-,16?/m0/s1. The minimum atomic E-state index is 0.0292. The number of piperidine rings is 1. The largest absolute Gasteiger partial charge is 0.507 e. The fourth-order valence-electron chi connectivity index (χ4n) is 4.42. The molecule has 2 unspecified atom stereocenters. The fourth-order valence-corrected chi connectivity index (χ4v) is 4.42. The second-order valence-electron chi connectivity index (χ2n) is 7.69. The molecule has 0 radical (unpaired) electrons. The van der Waals surface area contributed by atoms with Crippen LogP contribution in [0.4, 0.5) is 0 Å². The van der Waals surface area contributed by atoms with Gasteiger partial charge in [-0.1, -0.05) is 6.07 Å². The first kappa shape index (κ1) is 17.1. The van der Waals surface area contributed by atoms with Crippen molar-refractivity contribution in [1.82, 2.24) is 25.7 Å². The summed E-state index contributed by atoms with van der Waals surface area (Å²) in [6.07, 6.45) is 7.55. The molecule has 2 saturated heterocycles. The van der Waals surface area contributed by atoms with Crippen molar-refractivity contribution < 1.29 is 9.90 Å². The summed E-state index contributed by atoms with van der Waals surface area (Å²) in [5.74, 6) is 0.223. The second-order valence-corrected chi connectivity index (χ2v) is 7.69. The van der Waals surface area contributed by atoms with Crippen LogP contribution < -0.4 is 5.32 Å². The lowest BCUT2D eigenvalue weighted by Crippen LogP contribution is -2.40. The van der Waals surface area contributed by atoms with E-state index in [-0.39, 0.29) is 17.5 Å². The third kappa shape index (κ3) is 3.07. The Morgan fingerprint density at radius 2 is 1.86 bits per heavy atom. The van der Waals surface area contributed by atoms with Crippen LogP contribution in [0.5, 0.6) is 5.75 Å². The van der Waals surface area contributed by atoms with Gasteiger partial charge in [-0.15, -0.1) is 10.2 Å². The van der Waals surface area contributed by atoms with E-state index in [1.165, 1.54) is 0 Å². The van der Waals surface area contributed by atoms with E-state index in [2.05, 4.69) is 25.7 Å². The molecule has 2 aliphatic rings. The molecule has 4 heterocycles. The van der Waals surface area contributed by atoms with Crippen molar-refractivity contribution in [2.45, 2.75) is 37.8 Å². The summed E-state index contributed by atoms with van der Waals surface area (Å²) < 4.78 is 0. The zero-order valence-electron chi connectivity index (χ0n) is 15.3. The van der Waals surface area contributed by atoms with Crippen LogP contribution in [0.25, 0.3) is 22.4 Å². The summed E-state index contributed by atoms with van der Waals surface area (Å²) in [6.45, 7) is 0. The Hall–Kier alpha value is -3.06. The minimum Gasteiger partial charge on any atom is -0.507 e. The van der Waals surface area contributed by atoms with E-state index < -0.39 is 0 Å². The monoisotopic (exact) mass is 375 g/mol. The smallest absolute Gasteiger partial charge is 0.186 e. The first-order valence-electron chi connectivity index (χ1n) is 9.64. The first-order chi connectivity index (χ1) is 13.7. The number of hydrogen-bond acceptors (Lipinski definition) is 6. The molecule has 142 valence electrons. The number of aromatic nitrogens is 4. The van der Waals surface area contributed by atoms with Gasteiger partial charge in [0.1, 0.15) is 11.4 Å². The average molecular weight is 375 g/mol. The summed E-state index contributed by atoms with van der Waals surface area (Å²) in [6, 6.07) is 9.77. The molecule has 0 amide bonds. The molecular formula is C21H21N5O2. The maximum absolute atomic E-state index is 12.8. The zero-order valence-corrected chi connectivity index (χ0v) is 15.3. The van der Waals surface area contributed by atoms with E-state index in [4.69, 9.17) is 0 Å². The van der Waals surface area contributed by atoms with Crippen molar-refractivity contribution in [3.63, 3.8) is 0 Å². The maximum Gasteiger partial charge on any atom is 0.186 e. The van der Waals surface area contributed by atoms with Gasteiger partial charge in [0.25, 0.3) is 0 Å². The number of nitrogens with zero attached hydrogens (tertiary/aromatic N) is 3. The molecule has 2 aromatic heterocycles. The van der Waals surface area contributed by atoms with Crippen molar-refractivity contribution in [2.75, 3.05) is 0 Å². The zero-order chi connectivity index (χ0) is 19.1. The molecule has 3 aromatic rings. The minimum absolute atomic E-state index is 0.0292. The van der Waals surface area contributed by atoms with Crippen molar-refractivity contribution in [1.29, 1.82) is 0 Å². The molecule has 3 atom stereocenters. The predicted octanol–water partition coefficient (Wildman–Crippen LogP) is 2.95. The van der Waals surface area contributed by atoms with Gasteiger partial charge in [-0.05, 0) is 55.5 Å². The van der Waals surface area contributed by atoms with Gasteiger partial charge in [-0.25, -0.2) is 0 Å². The molecule has 7 heteroatoms. The Labute approximate surface area is 162 Å². The Kier molecular flexibility index (Phi) is 4.16. The van der Waals surface area contributed by atoms with E-state index in [1.807, 2.05) is 6.07 Å². The van der Waals surface area contributed by atoms with Gasteiger partial charge in [-0.3, -0.25) is 9.89 Å². The average Bonchev–Trinajstić information content (AvgIpc) is 3.37. The molecule has 7 nitrogen and oxygen atoms in total. The van der Waals surface area contributed by atoms with E-state index >= 15 is 0 Å². The number of hydrogen-bond donors (Lipinski definition) is 3. The van der Waals surface area contributed by atoms with E-state index in [0.29, 0.717) is 29.0 Å². The van der Waals surface area contributed by atoms with Crippen LogP contribution in [0.3, 0.4) is 0 Å². The molecule has 2 fully saturated rings. The molecule has 2 aliphatic heterocycles. The summed E-state index contributed by atoms with van der Waals surface area (Å²) in [4.78, 5) is 12.8. The number of benzene rings is 1. The fraction of sp³-hybridized carbons (Fsp3) is 0.333. The number of aromatic amines is 1. The Bertz CT molecular complexity index is 988. The van der Waals surface area contributed by atoms with E-state index in [1.54, 1.807) is 36.7 Å². The number of phenolic OH excluding ortho intramolecular Hbond substituents is 1. The van der Waals surface area contributed by atoms with Crippen molar-refractivity contribution >= 4 is 5.78 Å². The van der Waals surface area contributed by atoms with Gasteiger partial charge >= 0.3 is 0 Å². The van der Waals surface area contributed by atoms with Crippen LogP contribution in [0.15, 0.2) is 42.7 Å². The van der Waals surface area contributed by atoms with Gasteiger partial charge < -0.3 is 10.4 Å². The number of ketones is 1. The van der Waals surface area contributed by atoms with Crippen LogP contribution in [0.1, 0.15) is 36.2 Å². The van der Waals surface area contributed by atoms with Gasteiger partial charge in [-0.2, -0.15) is 5.10 Å².